The van der Waals surface area contributed by atoms with E-state index in [-0.39, 0.29) is 11.2 Å². The fraction of sp³-hybridized carbons (Fsp3) is 0. The molecule has 0 atom stereocenters. The van der Waals surface area contributed by atoms with Gasteiger partial charge in [-0.15, -0.1) is 11.3 Å². The van der Waals surface area contributed by atoms with Gasteiger partial charge in [0.2, 0.25) is 0 Å². The third kappa shape index (κ3) is 1.89. The summed E-state index contributed by atoms with van der Waals surface area (Å²) in [5.41, 5.74) is 2.08. The Bertz CT molecular complexity index is 820. The lowest BCUT2D eigenvalue weighted by Gasteiger charge is -1.98. The van der Waals surface area contributed by atoms with Crippen molar-refractivity contribution in [2.24, 2.45) is 0 Å². The van der Waals surface area contributed by atoms with E-state index in [2.05, 4.69) is 9.97 Å². The van der Waals surface area contributed by atoms with Gasteiger partial charge in [-0.25, -0.2) is 4.98 Å². The Balaban J connectivity index is 2.17. The van der Waals surface area contributed by atoms with E-state index in [0.717, 1.165) is 11.1 Å². The normalized spacial score (nSPS) is 10.7. The van der Waals surface area contributed by atoms with Crippen molar-refractivity contribution in [3.05, 3.63) is 56.4 Å². The zero-order valence-electron chi connectivity index (χ0n) is 9.49. The molecule has 0 saturated carbocycles. The van der Waals surface area contributed by atoms with Crippen LogP contribution in [0.1, 0.15) is 0 Å². The van der Waals surface area contributed by atoms with E-state index in [0.29, 0.717) is 10.2 Å². The molecule has 6 nitrogen and oxygen atoms in total. The van der Waals surface area contributed by atoms with Crippen molar-refractivity contribution < 1.29 is 4.92 Å². The topological polar surface area (TPSA) is 88.9 Å². The quantitative estimate of drug-likeness (QED) is 0.574. The molecular formula is C12H7N3O3S. The number of nitro groups is 1. The van der Waals surface area contributed by atoms with Gasteiger partial charge in [0, 0.05) is 23.1 Å². The highest BCUT2D eigenvalue weighted by atomic mass is 32.1. The van der Waals surface area contributed by atoms with Crippen molar-refractivity contribution in [2.75, 3.05) is 0 Å². The summed E-state index contributed by atoms with van der Waals surface area (Å²) in [6, 6.07) is 6.18. The summed E-state index contributed by atoms with van der Waals surface area (Å²) in [6.07, 6.45) is 1.35. The number of fused-ring (bicyclic) bond motifs is 1. The van der Waals surface area contributed by atoms with Crippen molar-refractivity contribution >= 4 is 27.2 Å². The first-order valence-corrected chi connectivity index (χ1v) is 6.24. The third-order valence-electron chi connectivity index (χ3n) is 2.75. The fourth-order valence-corrected chi connectivity index (χ4v) is 2.75. The highest BCUT2D eigenvalue weighted by Gasteiger charge is 2.11. The van der Waals surface area contributed by atoms with Crippen LogP contribution in [0.25, 0.3) is 21.3 Å². The molecule has 2 aromatic heterocycles. The van der Waals surface area contributed by atoms with Crippen LogP contribution in [0.4, 0.5) is 5.69 Å². The second-order valence-corrected chi connectivity index (χ2v) is 4.74. The van der Waals surface area contributed by atoms with Crippen molar-refractivity contribution in [1.82, 2.24) is 9.97 Å². The predicted molar refractivity (Wildman–Crippen MR) is 72.3 cm³/mol. The number of nitrogens with one attached hydrogen (secondary N) is 1. The van der Waals surface area contributed by atoms with Gasteiger partial charge in [-0.2, -0.15) is 0 Å². The average molecular weight is 273 g/mol. The second-order valence-electron chi connectivity index (χ2n) is 3.86. The molecule has 0 bridgehead atoms. The van der Waals surface area contributed by atoms with Crippen LogP contribution in [0.3, 0.4) is 0 Å². The summed E-state index contributed by atoms with van der Waals surface area (Å²) in [6.45, 7) is 0. The molecule has 0 aliphatic carbocycles. The molecule has 0 spiro atoms. The monoisotopic (exact) mass is 273 g/mol. The van der Waals surface area contributed by atoms with E-state index in [1.807, 2.05) is 5.38 Å². The van der Waals surface area contributed by atoms with Crippen LogP contribution >= 0.6 is 11.3 Å². The van der Waals surface area contributed by atoms with Crippen LogP contribution in [0, 0.1) is 10.1 Å². The Kier molecular flexibility index (Phi) is 2.60. The Labute approximate surface area is 110 Å². The number of rotatable bonds is 2. The first-order chi connectivity index (χ1) is 9.16. The highest BCUT2D eigenvalue weighted by molar-refractivity contribution is 7.17. The molecule has 1 aromatic carbocycles. The number of hydrogen-bond donors (Lipinski definition) is 1. The molecular weight excluding hydrogens is 266 g/mol. The Morgan fingerprint density at radius 3 is 2.68 bits per heavy atom. The molecule has 1 N–H and O–H groups in total. The van der Waals surface area contributed by atoms with Gasteiger partial charge in [0.15, 0.2) is 0 Å². The third-order valence-corrected chi connectivity index (χ3v) is 3.72. The van der Waals surface area contributed by atoms with Gasteiger partial charge in [-0.05, 0) is 17.7 Å². The SMILES string of the molecule is O=c1[nH]cnc2c(-c3ccc([N+](=O)[O-])cc3)csc12. The van der Waals surface area contributed by atoms with Crippen LogP contribution in [-0.2, 0) is 0 Å². The summed E-state index contributed by atoms with van der Waals surface area (Å²) in [5.74, 6) is 0. The Hall–Kier alpha value is -2.54. The van der Waals surface area contributed by atoms with E-state index < -0.39 is 4.92 Å². The molecule has 0 amide bonds. The maximum atomic E-state index is 11.6. The summed E-state index contributed by atoms with van der Waals surface area (Å²) in [5, 5.41) is 12.4. The molecule has 19 heavy (non-hydrogen) atoms. The van der Waals surface area contributed by atoms with Gasteiger partial charge in [0.25, 0.3) is 11.2 Å². The van der Waals surface area contributed by atoms with E-state index in [9.17, 15) is 14.9 Å². The predicted octanol–water partition coefficient (Wildman–Crippen LogP) is 2.56. The first-order valence-electron chi connectivity index (χ1n) is 5.36. The number of thiophene rings is 1. The van der Waals surface area contributed by atoms with E-state index >= 15 is 0 Å². The van der Waals surface area contributed by atoms with Crippen LogP contribution in [0.5, 0.6) is 0 Å². The molecule has 0 radical (unpaired) electrons. The van der Waals surface area contributed by atoms with Gasteiger partial charge < -0.3 is 4.98 Å². The lowest BCUT2D eigenvalue weighted by atomic mass is 10.1. The first kappa shape index (κ1) is 11.5. The minimum atomic E-state index is -0.446. The molecule has 3 rings (SSSR count). The molecule has 0 unspecified atom stereocenters. The minimum absolute atomic E-state index is 0.0362. The van der Waals surface area contributed by atoms with Crippen molar-refractivity contribution in [3.8, 4) is 11.1 Å². The zero-order valence-corrected chi connectivity index (χ0v) is 10.3. The highest BCUT2D eigenvalue weighted by Crippen LogP contribution is 2.31. The molecule has 3 aromatic rings. The Morgan fingerprint density at radius 1 is 1.26 bits per heavy atom. The van der Waals surface area contributed by atoms with Crippen LogP contribution < -0.4 is 5.56 Å². The minimum Gasteiger partial charge on any atom is -0.312 e. The maximum absolute atomic E-state index is 11.6. The van der Waals surface area contributed by atoms with Gasteiger partial charge in [-0.1, -0.05) is 0 Å². The van der Waals surface area contributed by atoms with E-state index in [1.165, 1.54) is 29.8 Å². The zero-order chi connectivity index (χ0) is 13.4. The van der Waals surface area contributed by atoms with E-state index in [4.69, 9.17) is 0 Å². The molecule has 94 valence electrons. The average Bonchev–Trinajstić information content (AvgIpc) is 2.84. The number of aromatic nitrogens is 2. The lowest BCUT2D eigenvalue weighted by Crippen LogP contribution is -2.03. The van der Waals surface area contributed by atoms with E-state index in [1.54, 1.807) is 12.1 Å². The van der Waals surface area contributed by atoms with Gasteiger partial charge in [0.1, 0.15) is 4.70 Å². The van der Waals surface area contributed by atoms with Gasteiger partial charge in [-0.3, -0.25) is 14.9 Å². The van der Waals surface area contributed by atoms with Gasteiger partial charge >= 0.3 is 0 Å². The number of nitro benzene ring substituents is 1. The van der Waals surface area contributed by atoms with Crippen LogP contribution in [0.2, 0.25) is 0 Å². The molecule has 0 saturated heterocycles. The van der Waals surface area contributed by atoms with Crippen molar-refractivity contribution in [1.29, 1.82) is 0 Å². The summed E-state index contributed by atoms with van der Waals surface area (Å²) in [4.78, 5) is 28.4. The van der Waals surface area contributed by atoms with Crippen molar-refractivity contribution in [2.45, 2.75) is 0 Å². The summed E-state index contributed by atoms with van der Waals surface area (Å²) >= 11 is 1.31. The number of hydrogen-bond acceptors (Lipinski definition) is 5. The summed E-state index contributed by atoms with van der Waals surface area (Å²) < 4.78 is 0.552. The summed E-state index contributed by atoms with van der Waals surface area (Å²) in [7, 11) is 0. The molecule has 7 heteroatoms. The standard InChI is InChI=1S/C12H7N3O3S/c16-12-11-10(13-6-14-12)9(5-19-11)7-1-3-8(4-2-7)15(17)18/h1-6H,(H,13,14,16). The Morgan fingerprint density at radius 2 is 2.00 bits per heavy atom. The fourth-order valence-electron chi connectivity index (χ4n) is 1.83. The van der Waals surface area contributed by atoms with Crippen LogP contribution in [-0.4, -0.2) is 14.9 Å². The number of nitrogens with zero attached hydrogens (tertiary/aromatic N) is 2. The molecule has 0 aliphatic rings. The van der Waals surface area contributed by atoms with Crippen molar-refractivity contribution in [3.63, 3.8) is 0 Å². The maximum Gasteiger partial charge on any atom is 0.269 e. The largest absolute Gasteiger partial charge is 0.312 e. The number of benzene rings is 1. The molecule has 2 heterocycles. The molecule has 0 aliphatic heterocycles. The van der Waals surface area contributed by atoms with Gasteiger partial charge in [0.05, 0.1) is 16.8 Å². The lowest BCUT2D eigenvalue weighted by molar-refractivity contribution is -0.384. The molecule has 0 fully saturated rings. The van der Waals surface area contributed by atoms with Crippen LogP contribution in [0.15, 0.2) is 40.8 Å². The second kappa shape index (κ2) is 4.29. The number of non-ortho nitro benzene ring substituents is 1. The number of H-pyrrole nitrogens is 1. The number of aromatic amines is 1. The smallest absolute Gasteiger partial charge is 0.269 e.